The number of nitrogens with zero attached hydrogens (tertiary/aromatic N) is 1. The summed E-state index contributed by atoms with van der Waals surface area (Å²) in [6.07, 6.45) is 2.12. The van der Waals surface area contributed by atoms with Crippen LogP contribution in [-0.4, -0.2) is 30.1 Å². The molecule has 1 aliphatic heterocycles. The van der Waals surface area contributed by atoms with Gasteiger partial charge in [0.2, 0.25) is 0 Å². The Labute approximate surface area is 167 Å². The normalized spacial score (nSPS) is 15.6. The van der Waals surface area contributed by atoms with Crippen molar-refractivity contribution in [2.24, 2.45) is 0 Å². The van der Waals surface area contributed by atoms with Gasteiger partial charge in [0.25, 0.3) is 0 Å². The van der Waals surface area contributed by atoms with Crippen molar-refractivity contribution in [2.75, 3.05) is 17.2 Å². The molecule has 0 bridgehead atoms. The van der Waals surface area contributed by atoms with Gasteiger partial charge in [-0.25, -0.2) is 8.42 Å². The van der Waals surface area contributed by atoms with E-state index in [0.717, 1.165) is 20.5 Å². The average Bonchev–Trinajstić information content (AvgIpc) is 2.65. The Bertz CT molecular complexity index is 706. The minimum atomic E-state index is -4.20. The maximum atomic E-state index is 10.7. The van der Waals surface area contributed by atoms with Crippen LogP contribution < -0.4 is 34.5 Å². The molecule has 0 radical (unpaired) electrons. The van der Waals surface area contributed by atoms with E-state index >= 15 is 0 Å². The summed E-state index contributed by atoms with van der Waals surface area (Å²) >= 11 is 12.7. The molecule has 0 fully saturated rings. The van der Waals surface area contributed by atoms with Crippen LogP contribution >= 0.6 is 35.6 Å². The molecule has 9 heteroatoms. The van der Waals surface area contributed by atoms with Gasteiger partial charge in [0.1, 0.15) is 0 Å². The molecule has 0 N–H and O–H groups in total. The van der Waals surface area contributed by atoms with Crippen molar-refractivity contribution < 1.29 is 42.5 Å². The third-order valence-corrected chi connectivity index (χ3v) is 5.05. The van der Waals surface area contributed by atoms with Crippen LogP contribution in [0.15, 0.2) is 34.2 Å². The predicted octanol–water partition coefficient (Wildman–Crippen LogP) is 0.423. The predicted molar refractivity (Wildman–Crippen MR) is 90.2 cm³/mol. The van der Waals surface area contributed by atoms with E-state index in [2.05, 4.69) is 0 Å². The van der Waals surface area contributed by atoms with Gasteiger partial charge < -0.3 is 9.45 Å². The first-order valence-electron chi connectivity index (χ1n) is 6.17. The molecule has 114 valence electrons. The van der Waals surface area contributed by atoms with E-state index in [-0.39, 0.29) is 41.7 Å². The van der Waals surface area contributed by atoms with Crippen LogP contribution in [0.25, 0.3) is 0 Å². The van der Waals surface area contributed by atoms with Gasteiger partial charge in [-0.1, -0.05) is 35.6 Å². The Morgan fingerprint density at radius 3 is 2.77 bits per heavy atom. The molecule has 0 saturated heterocycles. The van der Waals surface area contributed by atoms with Gasteiger partial charge in [-0.3, -0.25) is 0 Å². The van der Waals surface area contributed by atoms with Crippen LogP contribution in [0.2, 0.25) is 5.02 Å². The number of thiocarbonyl (C=S) groups is 1. The first-order chi connectivity index (χ1) is 9.76. The monoisotopic (exact) mass is 385 g/mol. The van der Waals surface area contributed by atoms with E-state index < -0.39 is 10.1 Å². The molecule has 0 unspecified atom stereocenters. The number of hydrogen-bond acceptors (Lipinski definition) is 6. The molecule has 2 rings (SSSR count). The van der Waals surface area contributed by atoms with Gasteiger partial charge in [-0.2, -0.15) is 0 Å². The van der Waals surface area contributed by atoms with Crippen LogP contribution in [0.1, 0.15) is 13.3 Å². The summed E-state index contributed by atoms with van der Waals surface area (Å²) in [5.41, 5.74) is 0.915. The standard InChI is InChI=1S/C13H14ClNO3S3.Na/c1-9(19)7-13-15(5-2-6-21(16,17)18)11-8-10(14)3-4-12(11)20-13;/h3-4,7-8H,2,5-6H2,1H3,(H,16,17,18);/q;+1/p-1. The quantitative estimate of drug-likeness (QED) is 0.317. The summed E-state index contributed by atoms with van der Waals surface area (Å²) in [5, 5.41) is 1.53. The zero-order valence-electron chi connectivity index (χ0n) is 12.2. The van der Waals surface area contributed by atoms with Gasteiger partial charge in [-0.15, -0.1) is 0 Å². The molecule has 0 spiro atoms. The van der Waals surface area contributed by atoms with E-state index in [9.17, 15) is 13.0 Å². The van der Waals surface area contributed by atoms with Crippen molar-refractivity contribution in [3.05, 3.63) is 34.3 Å². The topological polar surface area (TPSA) is 60.4 Å². The van der Waals surface area contributed by atoms with E-state index in [4.69, 9.17) is 23.8 Å². The molecule has 0 amide bonds. The first-order valence-corrected chi connectivity index (χ1v) is 9.35. The van der Waals surface area contributed by atoms with Crippen LogP contribution in [-0.2, 0) is 10.1 Å². The molecule has 22 heavy (non-hydrogen) atoms. The van der Waals surface area contributed by atoms with Crippen LogP contribution in [0, 0.1) is 0 Å². The summed E-state index contributed by atoms with van der Waals surface area (Å²) in [5.74, 6) is -0.381. The smallest absolute Gasteiger partial charge is 0.748 e. The minimum Gasteiger partial charge on any atom is -0.748 e. The summed E-state index contributed by atoms with van der Waals surface area (Å²) in [7, 11) is -4.20. The number of halogens is 1. The van der Waals surface area contributed by atoms with Crippen molar-refractivity contribution in [3.63, 3.8) is 0 Å². The first kappa shape index (κ1) is 20.4. The second-order valence-corrected chi connectivity index (χ2v) is 8.24. The zero-order chi connectivity index (χ0) is 15.6. The minimum absolute atomic E-state index is 0. The number of allylic oxidation sites excluding steroid dienone is 1. The number of hydrogen-bond donors (Lipinski definition) is 0. The molecular weight excluding hydrogens is 373 g/mol. The molecule has 0 atom stereocenters. The molecule has 4 nitrogen and oxygen atoms in total. The zero-order valence-corrected chi connectivity index (χ0v) is 17.4. The van der Waals surface area contributed by atoms with Crippen LogP contribution in [0.4, 0.5) is 5.69 Å². The van der Waals surface area contributed by atoms with Crippen molar-refractivity contribution in [3.8, 4) is 0 Å². The number of fused-ring (bicyclic) bond motifs is 1. The maximum Gasteiger partial charge on any atom is 1.00 e. The molecule has 1 heterocycles. The van der Waals surface area contributed by atoms with Crippen LogP contribution in [0.5, 0.6) is 0 Å². The van der Waals surface area contributed by atoms with Crippen molar-refractivity contribution in [2.45, 2.75) is 18.2 Å². The fourth-order valence-corrected chi connectivity index (χ4v) is 3.99. The largest absolute Gasteiger partial charge is 1.00 e. The van der Waals surface area contributed by atoms with Gasteiger partial charge >= 0.3 is 29.6 Å². The Balaban J connectivity index is 0.00000242. The molecule has 1 aliphatic rings. The summed E-state index contributed by atoms with van der Waals surface area (Å²) in [6.45, 7) is 2.25. The fraction of sp³-hybridized carbons (Fsp3) is 0.308. The van der Waals surface area contributed by atoms with Gasteiger partial charge in [0, 0.05) is 27.1 Å². The Morgan fingerprint density at radius 2 is 2.18 bits per heavy atom. The Kier molecular flexibility index (Phi) is 7.88. The van der Waals surface area contributed by atoms with Crippen molar-refractivity contribution in [1.82, 2.24) is 0 Å². The van der Waals surface area contributed by atoms with E-state index in [0.29, 0.717) is 11.6 Å². The fourth-order valence-electron chi connectivity index (χ4n) is 1.99. The number of benzene rings is 1. The maximum absolute atomic E-state index is 10.7. The molecule has 0 aliphatic carbocycles. The van der Waals surface area contributed by atoms with E-state index in [1.165, 1.54) is 0 Å². The number of rotatable bonds is 5. The van der Waals surface area contributed by atoms with Gasteiger partial charge in [0.05, 0.1) is 20.8 Å². The molecular formula is C13H13ClNNaO3S3. The van der Waals surface area contributed by atoms with Gasteiger partial charge in [-0.05, 0) is 37.6 Å². The second-order valence-electron chi connectivity index (χ2n) is 4.57. The average molecular weight is 386 g/mol. The number of thioether (sulfide) groups is 1. The van der Waals surface area contributed by atoms with Gasteiger partial charge in [0.15, 0.2) is 0 Å². The van der Waals surface area contributed by atoms with Crippen LogP contribution in [0.3, 0.4) is 0 Å². The summed E-state index contributed by atoms with van der Waals surface area (Å²) < 4.78 is 32.2. The summed E-state index contributed by atoms with van der Waals surface area (Å²) in [4.78, 5) is 3.72. The second kappa shape index (κ2) is 8.48. The van der Waals surface area contributed by atoms with Crippen molar-refractivity contribution >= 4 is 56.3 Å². The third-order valence-electron chi connectivity index (χ3n) is 2.80. The Hall–Kier alpha value is 0.400. The SMILES string of the molecule is CC(=S)C=C1Sc2ccc(Cl)cc2N1CCCS(=O)(=O)[O-].[Na+]. The van der Waals surface area contributed by atoms with E-state index in [1.807, 2.05) is 30.0 Å². The Morgan fingerprint density at radius 1 is 1.50 bits per heavy atom. The van der Waals surface area contributed by atoms with E-state index in [1.54, 1.807) is 17.8 Å². The van der Waals surface area contributed by atoms with Crippen molar-refractivity contribution in [1.29, 1.82) is 0 Å². The molecule has 1 aromatic carbocycles. The molecule has 0 aromatic heterocycles. The number of anilines is 1. The molecule has 1 aromatic rings. The third kappa shape index (κ3) is 5.79. The molecule has 0 saturated carbocycles. The summed E-state index contributed by atoms with van der Waals surface area (Å²) in [6, 6.07) is 5.55.